The smallest absolute Gasteiger partial charge is 0.262 e. The SMILES string of the molecule is C=CNS(=O)(=O)c1ccc(F)nc1. The second kappa shape index (κ2) is 3.53. The van der Waals surface area contributed by atoms with Gasteiger partial charge in [0.05, 0.1) is 6.20 Å². The van der Waals surface area contributed by atoms with Crippen molar-refractivity contribution in [3.63, 3.8) is 0 Å². The lowest BCUT2D eigenvalue weighted by atomic mass is 10.5. The van der Waals surface area contributed by atoms with E-state index in [1.165, 1.54) is 0 Å². The molecule has 0 radical (unpaired) electrons. The summed E-state index contributed by atoms with van der Waals surface area (Å²) in [6.45, 7) is 3.20. The third-order valence-electron chi connectivity index (χ3n) is 1.25. The van der Waals surface area contributed by atoms with Gasteiger partial charge in [-0.3, -0.25) is 4.72 Å². The minimum absolute atomic E-state index is 0.103. The highest BCUT2D eigenvalue weighted by Crippen LogP contribution is 2.06. The summed E-state index contributed by atoms with van der Waals surface area (Å²) < 4.78 is 36.7. The van der Waals surface area contributed by atoms with Crippen molar-refractivity contribution in [2.24, 2.45) is 0 Å². The van der Waals surface area contributed by atoms with Gasteiger partial charge in [0.2, 0.25) is 5.95 Å². The first kappa shape index (κ1) is 9.66. The summed E-state index contributed by atoms with van der Waals surface area (Å²) in [6.07, 6.45) is 1.96. The molecule has 0 atom stereocenters. The summed E-state index contributed by atoms with van der Waals surface area (Å²) in [6, 6.07) is 2.09. The predicted octanol–water partition coefficient (Wildman–Crippen LogP) is 0.643. The van der Waals surface area contributed by atoms with Crippen LogP contribution in [0, 0.1) is 5.95 Å². The summed E-state index contributed by atoms with van der Waals surface area (Å²) >= 11 is 0. The summed E-state index contributed by atoms with van der Waals surface area (Å²) in [7, 11) is -3.62. The van der Waals surface area contributed by atoms with E-state index in [0.717, 1.165) is 24.5 Å². The molecule has 6 heteroatoms. The molecule has 13 heavy (non-hydrogen) atoms. The van der Waals surface area contributed by atoms with Crippen molar-refractivity contribution in [3.8, 4) is 0 Å². The molecule has 0 unspecified atom stereocenters. The van der Waals surface area contributed by atoms with Gasteiger partial charge in [-0.05, 0) is 12.1 Å². The zero-order valence-corrected chi connectivity index (χ0v) is 7.38. The third kappa shape index (κ3) is 2.25. The van der Waals surface area contributed by atoms with Gasteiger partial charge in [-0.1, -0.05) is 6.58 Å². The second-order valence-corrected chi connectivity index (χ2v) is 3.86. The van der Waals surface area contributed by atoms with Crippen molar-refractivity contribution < 1.29 is 12.8 Å². The average molecular weight is 202 g/mol. The van der Waals surface area contributed by atoms with Crippen LogP contribution in [0.5, 0.6) is 0 Å². The van der Waals surface area contributed by atoms with E-state index in [4.69, 9.17) is 0 Å². The van der Waals surface area contributed by atoms with E-state index >= 15 is 0 Å². The Hall–Kier alpha value is -1.43. The fraction of sp³-hybridized carbons (Fsp3) is 0. The molecule has 1 rings (SSSR count). The number of nitrogens with zero attached hydrogens (tertiary/aromatic N) is 1. The maximum Gasteiger partial charge on any atom is 0.262 e. The van der Waals surface area contributed by atoms with Crippen molar-refractivity contribution in [2.45, 2.75) is 4.90 Å². The molecule has 0 saturated heterocycles. The zero-order chi connectivity index (χ0) is 9.90. The monoisotopic (exact) mass is 202 g/mol. The molecule has 0 spiro atoms. The number of aromatic nitrogens is 1. The van der Waals surface area contributed by atoms with E-state index in [1.807, 2.05) is 4.72 Å². The molecule has 0 aromatic carbocycles. The van der Waals surface area contributed by atoms with Crippen LogP contribution in [0.1, 0.15) is 0 Å². The van der Waals surface area contributed by atoms with Crippen molar-refractivity contribution in [3.05, 3.63) is 37.1 Å². The molecule has 0 aliphatic rings. The van der Waals surface area contributed by atoms with Gasteiger partial charge in [0.15, 0.2) is 0 Å². The highest BCUT2D eigenvalue weighted by atomic mass is 32.2. The average Bonchev–Trinajstić information content (AvgIpc) is 2.05. The van der Waals surface area contributed by atoms with Crippen LogP contribution in [-0.4, -0.2) is 13.4 Å². The van der Waals surface area contributed by atoms with Gasteiger partial charge in [0, 0.05) is 6.20 Å². The minimum atomic E-state index is -3.62. The van der Waals surface area contributed by atoms with E-state index in [9.17, 15) is 12.8 Å². The number of sulfonamides is 1. The van der Waals surface area contributed by atoms with Crippen LogP contribution in [0.2, 0.25) is 0 Å². The Morgan fingerprint density at radius 2 is 2.23 bits per heavy atom. The number of hydrogen-bond donors (Lipinski definition) is 1. The molecule has 1 aromatic rings. The summed E-state index contributed by atoms with van der Waals surface area (Å²) in [5.41, 5.74) is 0. The highest BCUT2D eigenvalue weighted by molar-refractivity contribution is 7.89. The van der Waals surface area contributed by atoms with E-state index < -0.39 is 16.0 Å². The summed E-state index contributed by atoms with van der Waals surface area (Å²) in [5, 5.41) is 0. The van der Waals surface area contributed by atoms with E-state index in [2.05, 4.69) is 11.6 Å². The first-order valence-electron chi connectivity index (χ1n) is 3.31. The second-order valence-electron chi connectivity index (χ2n) is 2.14. The lowest BCUT2D eigenvalue weighted by Gasteiger charge is -2.01. The van der Waals surface area contributed by atoms with Crippen molar-refractivity contribution in [2.75, 3.05) is 0 Å². The standard InChI is InChI=1S/C7H7FN2O2S/c1-2-10-13(11,12)6-3-4-7(8)9-5-6/h2-5,10H,1H2. The van der Waals surface area contributed by atoms with Gasteiger partial charge in [0.1, 0.15) is 4.90 Å². The Morgan fingerprint density at radius 3 is 2.69 bits per heavy atom. The lowest BCUT2D eigenvalue weighted by molar-refractivity contribution is 0.575. The fourth-order valence-electron chi connectivity index (χ4n) is 0.699. The molecule has 0 saturated carbocycles. The van der Waals surface area contributed by atoms with Crippen LogP contribution in [-0.2, 0) is 10.0 Å². The number of pyridine rings is 1. The molecule has 0 aliphatic carbocycles. The minimum Gasteiger partial charge on any atom is -0.287 e. The Morgan fingerprint density at radius 1 is 1.54 bits per heavy atom. The van der Waals surface area contributed by atoms with E-state index in [1.54, 1.807) is 0 Å². The van der Waals surface area contributed by atoms with Crippen LogP contribution in [0.3, 0.4) is 0 Å². The Bertz CT molecular complexity index is 399. The van der Waals surface area contributed by atoms with Crippen LogP contribution in [0.4, 0.5) is 4.39 Å². The van der Waals surface area contributed by atoms with Gasteiger partial charge in [-0.15, -0.1) is 0 Å². The normalized spacial score (nSPS) is 10.8. The van der Waals surface area contributed by atoms with Crippen LogP contribution in [0.15, 0.2) is 36.0 Å². The Balaban J connectivity index is 3.08. The highest BCUT2D eigenvalue weighted by Gasteiger charge is 2.11. The molecule has 1 heterocycles. The van der Waals surface area contributed by atoms with Crippen LogP contribution in [0.25, 0.3) is 0 Å². The van der Waals surface area contributed by atoms with Gasteiger partial charge < -0.3 is 0 Å². The quantitative estimate of drug-likeness (QED) is 0.732. The Labute approximate surface area is 75.2 Å². The lowest BCUT2D eigenvalue weighted by Crippen LogP contribution is -2.17. The summed E-state index contributed by atoms with van der Waals surface area (Å²) in [4.78, 5) is 3.10. The molecule has 0 aliphatic heterocycles. The number of hydrogen-bond acceptors (Lipinski definition) is 3. The number of nitrogens with one attached hydrogen (secondary N) is 1. The molecule has 1 N–H and O–H groups in total. The van der Waals surface area contributed by atoms with Crippen molar-refractivity contribution in [1.82, 2.24) is 9.71 Å². The predicted molar refractivity (Wildman–Crippen MR) is 44.7 cm³/mol. The van der Waals surface area contributed by atoms with Crippen molar-refractivity contribution in [1.29, 1.82) is 0 Å². The van der Waals surface area contributed by atoms with E-state index in [-0.39, 0.29) is 4.90 Å². The molecular formula is C7H7FN2O2S. The molecule has 0 bridgehead atoms. The van der Waals surface area contributed by atoms with Crippen LogP contribution < -0.4 is 4.72 Å². The van der Waals surface area contributed by atoms with Crippen LogP contribution >= 0.6 is 0 Å². The Kier molecular flexibility index (Phi) is 2.62. The maximum atomic E-state index is 12.3. The third-order valence-corrected chi connectivity index (χ3v) is 2.59. The molecule has 4 nitrogen and oxygen atoms in total. The topological polar surface area (TPSA) is 59.1 Å². The summed E-state index contributed by atoms with van der Waals surface area (Å²) in [5.74, 6) is -0.724. The number of rotatable bonds is 3. The van der Waals surface area contributed by atoms with Gasteiger partial charge in [0.25, 0.3) is 10.0 Å². The van der Waals surface area contributed by atoms with Gasteiger partial charge >= 0.3 is 0 Å². The van der Waals surface area contributed by atoms with Gasteiger partial charge in [-0.25, -0.2) is 13.4 Å². The molecule has 70 valence electrons. The largest absolute Gasteiger partial charge is 0.287 e. The first-order chi connectivity index (χ1) is 6.06. The maximum absolute atomic E-state index is 12.3. The molecular weight excluding hydrogens is 195 g/mol. The van der Waals surface area contributed by atoms with Crippen molar-refractivity contribution >= 4 is 10.0 Å². The molecule has 1 aromatic heterocycles. The molecule has 0 amide bonds. The zero-order valence-electron chi connectivity index (χ0n) is 6.57. The van der Waals surface area contributed by atoms with E-state index in [0.29, 0.717) is 0 Å². The van der Waals surface area contributed by atoms with Gasteiger partial charge in [-0.2, -0.15) is 4.39 Å². The number of halogens is 1. The first-order valence-corrected chi connectivity index (χ1v) is 4.79. The molecule has 0 fully saturated rings. The fourth-order valence-corrected chi connectivity index (χ4v) is 1.49.